The Balaban J connectivity index is 1.31. The number of ether oxygens (including phenoxy) is 1. The number of methoxy groups -OCH3 is 1. The maximum atomic E-state index is 11.5. The van der Waals surface area contributed by atoms with Gasteiger partial charge in [-0.2, -0.15) is 5.10 Å². The van der Waals surface area contributed by atoms with E-state index < -0.39 is 4.92 Å². The molecule has 198 valence electrons. The van der Waals surface area contributed by atoms with Crippen molar-refractivity contribution in [2.75, 3.05) is 57.9 Å². The Morgan fingerprint density at radius 1 is 1.08 bits per heavy atom. The first-order chi connectivity index (χ1) is 18.0. The minimum absolute atomic E-state index is 0.107. The molecule has 0 unspecified atom stereocenters. The zero-order chi connectivity index (χ0) is 25.9. The average molecular weight is 510 g/mol. The summed E-state index contributed by atoms with van der Waals surface area (Å²) in [7, 11) is 1.76. The van der Waals surface area contributed by atoms with Crippen LogP contribution in [-0.2, 0) is 4.74 Å². The van der Waals surface area contributed by atoms with Gasteiger partial charge in [-0.05, 0) is 38.2 Å². The van der Waals surface area contributed by atoms with Crippen LogP contribution in [-0.4, -0.2) is 87.0 Å². The van der Waals surface area contributed by atoms with Gasteiger partial charge in [0.15, 0.2) is 5.65 Å². The number of fused-ring (bicyclic) bond motifs is 1. The highest BCUT2D eigenvalue weighted by Gasteiger charge is 2.31. The van der Waals surface area contributed by atoms with E-state index in [4.69, 9.17) is 21.3 Å². The van der Waals surface area contributed by atoms with Gasteiger partial charge in [0, 0.05) is 64.1 Å². The highest BCUT2D eigenvalue weighted by molar-refractivity contribution is 5.98. The van der Waals surface area contributed by atoms with Gasteiger partial charge in [0.25, 0.3) is 5.69 Å². The predicted octanol–water partition coefficient (Wildman–Crippen LogP) is 2.70. The highest BCUT2D eigenvalue weighted by Crippen LogP contribution is 2.38. The molecule has 5 rings (SSSR count). The number of nitro benzene ring substituents is 1. The molecular formula is C25H35N9O3. The third-order valence-electron chi connectivity index (χ3n) is 7.78. The van der Waals surface area contributed by atoms with Gasteiger partial charge >= 0.3 is 0 Å². The Bertz CT molecular complexity index is 1250. The molecule has 0 radical (unpaired) electrons. The number of aromatic nitrogens is 4. The summed E-state index contributed by atoms with van der Waals surface area (Å²) in [5, 5.41) is 17.0. The maximum Gasteiger partial charge on any atom is 0.292 e. The molecule has 12 nitrogen and oxygen atoms in total. The summed E-state index contributed by atoms with van der Waals surface area (Å²) in [6, 6.07) is 5.46. The Labute approximate surface area is 215 Å². The highest BCUT2D eigenvalue weighted by atomic mass is 16.6. The Morgan fingerprint density at radius 2 is 1.81 bits per heavy atom. The molecule has 3 aromatic rings. The lowest BCUT2D eigenvalue weighted by Gasteiger charge is -2.42. The SMILES string of the molecule is COCCCN1CCN(C2CCC(n3nc(-c4ccc(N)c([N+](=O)[O-])c4)c4c(N)ncnc43)CC2)CC1. The molecule has 0 amide bonds. The van der Waals surface area contributed by atoms with Crippen molar-refractivity contribution in [1.29, 1.82) is 0 Å². The molecule has 1 saturated carbocycles. The van der Waals surface area contributed by atoms with Gasteiger partial charge in [-0.25, -0.2) is 14.6 Å². The fraction of sp³-hybridized carbons (Fsp3) is 0.560. The van der Waals surface area contributed by atoms with Crippen LogP contribution in [0.1, 0.15) is 38.1 Å². The van der Waals surface area contributed by atoms with E-state index in [1.54, 1.807) is 13.2 Å². The van der Waals surface area contributed by atoms with Crippen LogP contribution in [0.2, 0.25) is 0 Å². The monoisotopic (exact) mass is 509 g/mol. The second kappa shape index (κ2) is 11.0. The number of benzene rings is 1. The Kier molecular flexibility index (Phi) is 7.49. The smallest absolute Gasteiger partial charge is 0.292 e. The Hall–Kier alpha value is -3.35. The largest absolute Gasteiger partial charge is 0.393 e. The van der Waals surface area contributed by atoms with Gasteiger partial charge in [-0.3, -0.25) is 15.0 Å². The van der Waals surface area contributed by atoms with E-state index in [0.29, 0.717) is 34.2 Å². The number of nitrogens with zero attached hydrogens (tertiary/aromatic N) is 7. The minimum Gasteiger partial charge on any atom is -0.393 e. The molecule has 2 aromatic heterocycles. The molecule has 1 saturated heterocycles. The summed E-state index contributed by atoms with van der Waals surface area (Å²) in [6.07, 6.45) is 6.70. The fourth-order valence-corrected chi connectivity index (χ4v) is 5.75. The van der Waals surface area contributed by atoms with Crippen molar-refractivity contribution in [3.63, 3.8) is 0 Å². The van der Waals surface area contributed by atoms with Crippen LogP contribution < -0.4 is 11.5 Å². The normalized spacial score (nSPS) is 21.4. The second-order valence-corrected chi connectivity index (χ2v) is 9.97. The number of rotatable bonds is 8. The number of nitrogens with two attached hydrogens (primary N) is 2. The molecule has 2 fully saturated rings. The van der Waals surface area contributed by atoms with E-state index in [2.05, 4.69) is 19.8 Å². The van der Waals surface area contributed by atoms with Gasteiger partial charge < -0.3 is 21.1 Å². The third kappa shape index (κ3) is 5.22. The molecule has 1 aromatic carbocycles. The minimum atomic E-state index is -0.488. The molecule has 3 heterocycles. The van der Waals surface area contributed by atoms with Crippen molar-refractivity contribution in [1.82, 2.24) is 29.5 Å². The van der Waals surface area contributed by atoms with E-state index in [1.165, 1.54) is 18.5 Å². The first-order valence-corrected chi connectivity index (χ1v) is 12.9. The van der Waals surface area contributed by atoms with Crippen LogP contribution in [0.3, 0.4) is 0 Å². The molecule has 12 heteroatoms. The van der Waals surface area contributed by atoms with Crippen molar-refractivity contribution < 1.29 is 9.66 Å². The van der Waals surface area contributed by atoms with E-state index in [0.717, 1.165) is 71.4 Å². The molecule has 2 aliphatic rings. The van der Waals surface area contributed by atoms with Crippen molar-refractivity contribution in [2.24, 2.45) is 0 Å². The number of nitrogen functional groups attached to an aromatic ring is 2. The molecule has 0 atom stereocenters. The maximum absolute atomic E-state index is 11.5. The summed E-state index contributed by atoms with van der Waals surface area (Å²) < 4.78 is 7.14. The molecule has 1 aliphatic carbocycles. The standard InChI is InChI=1S/C25H35N9O3/c1-37-14-2-9-31-10-12-32(13-11-31)18-4-6-19(7-5-18)33-25-22(24(27)28-16-29-25)23(30-33)17-3-8-20(26)21(15-17)34(35)36/h3,8,15-16,18-19H,2,4-7,9-14,26H2,1H3,(H2,27,28,29). The third-order valence-corrected chi connectivity index (χ3v) is 7.78. The Morgan fingerprint density at radius 3 is 2.51 bits per heavy atom. The molecule has 4 N–H and O–H groups in total. The van der Waals surface area contributed by atoms with E-state index in [-0.39, 0.29) is 17.4 Å². The van der Waals surface area contributed by atoms with Crippen molar-refractivity contribution in [3.05, 3.63) is 34.6 Å². The lowest BCUT2D eigenvalue weighted by atomic mass is 9.90. The molecule has 0 spiro atoms. The van der Waals surface area contributed by atoms with Crippen LogP contribution in [0.5, 0.6) is 0 Å². The number of piperazine rings is 1. The molecule has 1 aliphatic heterocycles. The van der Waals surface area contributed by atoms with E-state index in [9.17, 15) is 10.1 Å². The number of anilines is 2. The van der Waals surface area contributed by atoms with Gasteiger partial charge in [0.05, 0.1) is 16.4 Å². The van der Waals surface area contributed by atoms with Crippen LogP contribution in [0, 0.1) is 10.1 Å². The predicted molar refractivity (Wildman–Crippen MR) is 142 cm³/mol. The van der Waals surface area contributed by atoms with E-state index >= 15 is 0 Å². The average Bonchev–Trinajstić information content (AvgIpc) is 3.30. The zero-order valence-corrected chi connectivity index (χ0v) is 21.3. The molecule has 37 heavy (non-hydrogen) atoms. The number of hydrogen-bond acceptors (Lipinski definition) is 10. The fourth-order valence-electron chi connectivity index (χ4n) is 5.75. The molecular weight excluding hydrogens is 474 g/mol. The van der Waals surface area contributed by atoms with Gasteiger partial charge in [-0.15, -0.1) is 0 Å². The number of nitro groups is 1. The summed E-state index contributed by atoms with van der Waals surface area (Å²) in [4.78, 5) is 24.8. The van der Waals surface area contributed by atoms with Crippen molar-refractivity contribution in [3.8, 4) is 11.3 Å². The van der Waals surface area contributed by atoms with Gasteiger partial charge in [0.2, 0.25) is 0 Å². The summed E-state index contributed by atoms with van der Waals surface area (Å²) in [5.74, 6) is 0.308. The van der Waals surface area contributed by atoms with Gasteiger partial charge in [0.1, 0.15) is 23.5 Å². The van der Waals surface area contributed by atoms with Crippen molar-refractivity contribution >= 4 is 28.2 Å². The lowest BCUT2D eigenvalue weighted by molar-refractivity contribution is -0.383. The number of hydrogen-bond donors (Lipinski definition) is 2. The first kappa shape index (κ1) is 25.3. The van der Waals surface area contributed by atoms with Crippen molar-refractivity contribution in [2.45, 2.75) is 44.2 Å². The van der Waals surface area contributed by atoms with Gasteiger partial charge in [-0.1, -0.05) is 6.07 Å². The van der Waals surface area contributed by atoms with Crippen LogP contribution in [0.25, 0.3) is 22.3 Å². The summed E-state index contributed by atoms with van der Waals surface area (Å²) >= 11 is 0. The lowest BCUT2D eigenvalue weighted by Crippen LogP contribution is -2.51. The summed E-state index contributed by atoms with van der Waals surface area (Å²) in [6.45, 7) is 6.36. The van der Waals surface area contributed by atoms with Crippen LogP contribution >= 0.6 is 0 Å². The van der Waals surface area contributed by atoms with Crippen LogP contribution in [0.15, 0.2) is 24.5 Å². The summed E-state index contributed by atoms with van der Waals surface area (Å²) in [5.41, 5.74) is 13.8. The first-order valence-electron chi connectivity index (χ1n) is 12.9. The quantitative estimate of drug-likeness (QED) is 0.200. The second-order valence-electron chi connectivity index (χ2n) is 9.97. The van der Waals surface area contributed by atoms with Crippen LogP contribution in [0.4, 0.5) is 17.2 Å². The zero-order valence-electron chi connectivity index (χ0n) is 21.3. The van der Waals surface area contributed by atoms with E-state index in [1.807, 2.05) is 4.68 Å². The topological polar surface area (TPSA) is 154 Å². The molecule has 0 bridgehead atoms.